The van der Waals surface area contributed by atoms with E-state index in [0.717, 1.165) is 17.6 Å². The molecule has 0 rings (SSSR count). The molecule has 0 amide bonds. The molecule has 0 aromatic rings. The predicted molar refractivity (Wildman–Crippen MR) is 62.6 cm³/mol. The van der Waals surface area contributed by atoms with Crippen LogP contribution in [-0.2, 0) is 0 Å². The highest BCUT2D eigenvalue weighted by Gasteiger charge is 2.21. The van der Waals surface area contributed by atoms with Crippen LogP contribution in [0.15, 0.2) is 25.3 Å². The Kier molecular flexibility index (Phi) is 10.2. The van der Waals surface area contributed by atoms with Gasteiger partial charge < -0.3 is 9.96 Å². The van der Waals surface area contributed by atoms with Crippen LogP contribution in [-0.4, -0.2) is 36.1 Å². The molecule has 0 bridgehead atoms. The van der Waals surface area contributed by atoms with E-state index in [1.54, 1.807) is 0 Å². The van der Waals surface area contributed by atoms with Crippen LogP contribution in [0.2, 0.25) is 0 Å². The summed E-state index contributed by atoms with van der Waals surface area (Å²) < 4.78 is 1.14. The van der Waals surface area contributed by atoms with E-state index in [1.807, 2.05) is 12.2 Å². The van der Waals surface area contributed by atoms with Crippen molar-refractivity contribution in [1.82, 2.24) is 0 Å². The maximum Gasteiger partial charge on any atom is 0.0973 e. The van der Waals surface area contributed by atoms with Gasteiger partial charge in [-0.05, 0) is 25.0 Å². The van der Waals surface area contributed by atoms with E-state index in [2.05, 4.69) is 27.0 Å². The summed E-state index contributed by atoms with van der Waals surface area (Å²) in [5.41, 5.74) is 0. The summed E-state index contributed by atoms with van der Waals surface area (Å²) in [4.78, 5) is 0. The zero-order valence-corrected chi connectivity index (χ0v) is 9.71. The van der Waals surface area contributed by atoms with Crippen LogP contribution in [0.5, 0.6) is 0 Å². The lowest BCUT2D eigenvalue weighted by molar-refractivity contribution is -0.917. The fourth-order valence-corrected chi connectivity index (χ4v) is 2.05. The maximum atomic E-state index is 3.84. The maximum absolute atomic E-state index is 3.84. The Hall–Kier alpha value is -0.600. The Morgan fingerprint density at radius 2 is 1.29 bits per heavy atom. The van der Waals surface area contributed by atoms with Crippen molar-refractivity contribution in [3.63, 3.8) is 0 Å². The topological polar surface area (TPSA) is 30.0 Å². The molecule has 14 heavy (non-hydrogen) atoms. The standard InChI is InChI=1S/C12H24N.H2O/c1-5-9-13(10-6-2,11-7-3)12-8-4;/h5-6H,1-2,7-12H2,3-4H3;1H2/q+1;/p-1. The number of nitrogens with zero attached hydrogens (tertiary/aromatic N) is 1. The third-order valence-corrected chi connectivity index (χ3v) is 2.43. The van der Waals surface area contributed by atoms with E-state index in [0.29, 0.717) is 0 Å². The highest BCUT2D eigenvalue weighted by molar-refractivity contribution is 4.71. The Bertz CT molecular complexity index is 136. The average Bonchev–Trinajstić information content (AvgIpc) is 2.06. The molecule has 0 aliphatic carbocycles. The van der Waals surface area contributed by atoms with Crippen molar-refractivity contribution >= 4 is 0 Å². The molecule has 0 spiro atoms. The summed E-state index contributed by atoms with van der Waals surface area (Å²) in [6.07, 6.45) is 6.55. The van der Waals surface area contributed by atoms with Gasteiger partial charge in [0, 0.05) is 0 Å². The quantitative estimate of drug-likeness (QED) is 0.436. The van der Waals surface area contributed by atoms with Crippen LogP contribution in [0.1, 0.15) is 26.7 Å². The summed E-state index contributed by atoms with van der Waals surface area (Å²) in [5, 5.41) is 0. The van der Waals surface area contributed by atoms with E-state index in [-0.39, 0.29) is 5.48 Å². The van der Waals surface area contributed by atoms with E-state index < -0.39 is 0 Å². The van der Waals surface area contributed by atoms with Crippen LogP contribution >= 0.6 is 0 Å². The minimum Gasteiger partial charge on any atom is -0.870 e. The lowest BCUT2D eigenvalue weighted by Crippen LogP contribution is -2.49. The largest absolute Gasteiger partial charge is 0.870 e. The van der Waals surface area contributed by atoms with Crippen LogP contribution in [0.25, 0.3) is 0 Å². The highest BCUT2D eigenvalue weighted by atomic mass is 16.0. The summed E-state index contributed by atoms with van der Waals surface area (Å²) >= 11 is 0. The molecular formula is C12H25NO. The lowest BCUT2D eigenvalue weighted by atomic mass is 10.2. The Balaban J connectivity index is 0. The number of hydrogen-bond acceptors (Lipinski definition) is 1. The molecule has 0 fully saturated rings. The molecule has 0 aromatic carbocycles. The predicted octanol–water partition coefficient (Wildman–Crippen LogP) is 2.82. The number of rotatable bonds is 8. The molecule has 2 heteroatoms. The van der Waals surface area contributed by atoms with E-state index in [4.69, 9.17) is 0 Å². The smallest absolute Gasteiger partial charge is 0.0973 e. The van der Waals surface area contributed by atoms with Gasteiger partial charge in [-0.2, -0.15) is 0 Å². The molecular weight excluding hydrogens is 174 g/mol. The van der Waals surface area contributed by atoms with Crippen molar-refractivity contribution in [2.45, 2.75) is 26.7 Å². The first-order valence-electron chi connectivity index (χ1n) is 5.31. The van der Waals surface area contributed by atoms with Crippen molar-refractivity contribution in [3.8, 4) is 0 Å². The monoisotopic (exact) mass is 199 g/mol. The first-order chi connectivity index (χ1) is 6.24. The van der Waals surface area contributed by atoms with Gasteiger partial charge in [-0.3, -0.25) is 0 Å². The van der Waals surface area contributed by atoms with Gasteiger partial charge >= 0.3 is 0 Å². The van der Waals surface area contributed by atoms with Gasteiger partial charge in [-0.25, -0.2) is 0 Å². The van der Waals surface area contributed by atoms with Gasteiger partial charge in [-0.1, -0.05) is 27.0 Å². The first-order valence-corrected chi connectivity index (χ1v) is 5.31. The highest BCUT2D eigenvalue weighted by Crippen LogP contribution is 2.10. The molecule has 0 radical (unpaired) electrons. The van der Waals surface area contributed by atoms with Crippen molar-refractivity contribution in [2.24, 2.45) is 0 Å². The van der Waals surface area contributed by atoms with Gasteiger partial charge in [0.05, 0.1) is 26.2 Å². The third-order valence-electron chi connectivity index (χ3n) is 2.43. The van der Waals surface area contributed by atoms with Crippen molar-refractivity contribution in [3.05, 3.63) is 25.3 Å². The molecule has 0 aliphatic rings. The van der Waals surface area contributed by atoms with Gasteiger partial charge in [0.2, 0.25) is 0 Å². The normalized spacial score (nSPS) is 10.4. The minimum absolute atomic E-state index is 0. The van der Waals surface area contributed by atoms with E-state index >= 15 is 0 Å². The second-order valence-electron chi connectivity index (χ2n) is 3.73. The third kappa shape index (κ3) is 5.20. The van der Waals surface area contributed by atoms with Crippen LogP contribution in [0.4, 0.5) is 0 Å². The fraction of sp³-hybridized carbons (Fsp3) is 0.667. The van der Waals surface area contributed by atoms with Crippen molar-refractivity contribution in [2.75, 3.05) is 26.2 Å². The van der Waals surface area contributed by atoms with Crippen LogP contribution in [0, 0.1) is 0 Å². The molecule has 0 atom stereocenters. The van der Waals surface area contributed by atoms with E-state index in [1.165, 1.54) is 25.9 Å². The molecule has 84 valence electrons. The number of hydrogen-bond donors (Lipinski definition) is 0. The van der Waals surface area contributed by atoms with Crippen LogP contribution in [0.3, 0.4) is 0 Å². The Labute approximate surface area is 88.8 Å². The first kappa shape index (κ1) is 15.9. The van der Waals surface area contributed by atoms with Gasteiger partial charge in [-0.15, -0.1) is 0 Å². The molecule has 0 unspecified atom stereocenters. The Morgan fingerprint density at radius 1 is 0.929 bits per heavy atom. The SMILES string of the molecule is C=CC[N+](CC=C)(CCC)CCC.[OH-]. The van der Waals surface area contributed by atoms with Crippen molar-refractivity contribution < 1.29 is 9.96 Å². The summed E-state index contributed by atoms with van der Waals surface area (Å²) in [6.45, 7) is 16.8. The molecule has 0 aliphatic heterocycles. The summed E-state index contributed by atoms with van der Waals surface area (Å²) in [7, 11) is 0. The van der Waals surface area contributed by atoms with Gasteiger partial charge in [0.15, 0.2) is 0 Å². The summed E-state index contributed by atoms with van der Waals surface area (Å²) in [5.74, 6) is 0. The molecule has 1 N–H and O–H groups in total. The Morgan fingerprint density at radius 3 is 1.50 bits per heavy atom. The zero-order valence-electron chi connectivity index (χ0n) is 9.71. The lowest BCUT2D eigenvalue weighted by Gasteiger charge is -2.36. The number of quaternary nitrogens is 1. The van der Waals surface area contributed by atoms with Crippen molar-refractivity contribution in [1.29, 1.82) is 0 Å². The second kappa shape index (κ2) is 8.97. The second-order valence-corrected chi connectivity index (χ2v) is 3.73. The minimum atomic E-state index is 0. The summed E-state index contributed by atoms with van der Waals surface area (Å²) in [6, 6.07) is 0. The molecule has 2 nitrogen and oxygen atoms in total. The van der Waals surface area contributed by atoms with Crippen LogP contribution < -0.4 is 0 Å². The average molecular weight is 199 g/mol. The molecule has 0 saturated carbocycles. The van der Waals surface area contributed by atoms with Gasteiger partial charge in [0.25, 0.3) is 0 Å². The van der Waals surface area contributed by atoms with Gasteiger partial charge in [0.1, 0.15) is 0 Å². The molecule has 0 saturated heterocycles. The zero-order chi connectivity index (χ0) is 10.2. The molecule has 0 heterocycles. The molecule has 0 aromatic heterocycles. The fourth-order valence-electron chi connectivity index (χ4n) is 2.05. The van der Waals surface area contributed by atoms with E-state index in [9.17, 15) is 0 Å².